The summed E-state index contributed by atoms with van der Waals surface area (Å²) in [6.07, 6.45) is 0.564. The molecular weight excluding hydrogens is 400 g/mol. The van der Waals surface area contributed by atoms with E-state index >= 15 is 0 Å². The third kappa shape index (κ3) is 5.40. The van der Waals surface area contributed by atoms with Crippen molar-refractivity contribution < 1.29 is 19.1 Å². The molecule has 30 heavy (non-hydrogen) atoms. The van der Waals surface area contributed by atoms with Crippen molar-refractivity contribution in [1.29, 1.82) is 0 Å². The first-order valence-corrected chi connectivity index (χ1v) is 11.0. The van der Waals surface area contributed by atoms with E-state index in [2.05, 4.69) is 11.8 Å². The van der Waals surface area contributed by atoms with Crippen LogP contribution in [0, 0.1) is 13.8 Å². The Hall–Kier alpha value is -2.38. The number of carbonyl (C=O) groups excluding carboxylic acids is 2. The van der Waals surface area contributed by atoms with Crippen molar-refractivity contribution >= 4 is 23.0 Å². The molecule has 0 atom stereocenters. The number of carbonyl (C=O) groups is 2. The number of Topliss-reactive ketones (excluding diaryl/α,β-unsaturated/α-hetero) is 1. The highest BCUT2D eigenvalue weighted by Crippen LogP contribution is 2.31. The Bertz CT molecular complexity index is 901. The van der Waals surface area contributed by atoms with Crippen LogP contribution in [0.5, 0.6) is 11.5 Å². The summed E-state index contributed by atoms with van der Waals surface area (Å²) in [5.74, 6) is 1.60. The number of ketones is 1. The van der Waals surface area contributed by atoms with E-state index in [1.807, 2.05) is 36.1 Å². The molecule has 0 radical (unpaired) electrons. The Balaban J connectivity index is 1.48. The van der Waals surface area contributed by atoms with Crippen molar-refractivity contribution in [2.24, 2.45) is 0 Å². The van der Waals surface area contributed by atoms with Crippen molar-refractivity contribution in [2.45, 2.75) is 33.2 Å². The van der Waals surface area contributed by atoms with Crippen molar-refractivity contribution in [2.75, 3.05) is 40.4 Å². The lowest BCUT2D eigenvalue weighted by Crippen LogP contribution is -2.48. The number of aryl methyl sites for hydroxylation is 2. The number of hydrogen-bond acceptors (Lipinski definition) is 6. The molecule has 0 aliphatic carbocycles. The summed E-state index contributed by atoms with van der Waals surface area (Å²) in [4.78, 5) is 30.9. The Morgan fingerprint density at radius 3 is 2.23 bits per heavy atom. The number of thiophene rings is 1. The number of rotatable bonds is 8. The second-order valence-electron chi connectivity index (χ2n) is 7.62. The minimum Gasteiger partial charge on any atom is -0.493 e. The first kappa shape index (κ1) is 22.3. The van der Waals surface area contributed by atoms with Crippen LogP contribution in [0.4, 0.5) is 0 Å². The molecule has 162 valence electrons. The van der Waals surface area contributed by atoms with Crippen LogP contribution in [0.25, 0.3) is 0 Å². The standard InChI is InChI=1S/C23H30N2O4S/c1-16-13-20(28-3)21(29-4)14-18(16)15-24-9-11-25(12-10-24)23(27)8-6-19(26)22-7-5-17(2)30-22/h5,7,13-14H,6,8-12,15H2,1-4H3. The van der Waals surface area contributed by atoms with Gasteiger partial charge in [-0.2, -0.15) is 0 Å². The second kappa shape index (κ2) is 10.1. The van der Waals surface area contributed by atoms with Gasteiger partial charge in [0.25, 0.3) is 0 Å². The lowest BCUT2D eigenvalue weighted by Gasteiger charge is -2.35. The number of benzene rings is 1. The molecule has 1 fully saturated rings. The van der Waals surface area contributed by atoms with Gasteiger partial charge >= 0.3 is 0 Å². The maximum absolute atomic E-state index is 12.5. The van der Waals surface area contributed by atoms with Crippen LogP contribution in [-0.2, 0) is 11.3 Å². The largest absolute Gasteiger partial charge is 0.493 e. The summed E-state index contributed by atoms with van der Waals surface area (Å²) >= 11 is 1.49. The SMILES string of the molecule is COc1cc(C)c(CN2CCN(C(=O)CCC(=O)c3ccc(C)s3)CC2)cc1OC. The molecule has 2 aromatic rings. The number of hydrogen-bond donors (Lipinski definition) is 0. The molecule has 1 aromatic carbocycles. The molecule has 0 unspecified atom stereocenters. The Labute approximate surface area is 182 Å². The Morgan fingerprint density at radius 2 is 1.63 bits per heavy atom. The number of amides is 1. The Kier molecular flexibility index (Phi) is 7.50. The van der Waals surface area contributed by atoms with Gasteiger partial charge in [0.1, 0.15) is 0 Å². The maximum atomic E-state index is 12.5. The first-order chi connectivity index (χ1) is 14.4. The number of nitrogens with zero attached hydrogens (tertiary/aromatic N) is 2. The van der Waals surface area contributed by atoms with E-state index < -0.39 is 0 Å². The average molecular weight is 431 g/mol. The summed E-state index contributed by atoms with van der Waals surface area (Å²) in [6.45, 7) is 7.88. The van der Waals surface area contributed by atoms with Gasteiger partial charge in [-0.25, -0.2) is 0 Å². The fraction of sp³-hybridized carbons (Fsp3) is 0.478. The van der Waals surface area contributed by atoms with E-state index in [4.69, 9.17) is 9.47 Å². The van der Waals surface area contributed by atoms with E-state index in [0.717, 1.165) is 46.5 Å². The third-order valence-corrected chi connectivity index (χ3v) is 6.58. The first-order valence-electron chi connectivity index (χ1n) is 10.2. The van der Waals surface area contributed by atoms with Crippen LogP contribution >= 0.6 is 11.3 Å². The van der Waals surface area contributed by atoms with Gasteiger partial charge in [-0.1, -0.05) is 0 Å². The van der Waals surface area contributed by atoms with Gasteiger partial charge in [-0.05, 0) is 49.2 Å². The highest BCUT2D eigenvalue weighted by atomic mass is 32.1. The number of ether oxygens (including phenoxy) is 2. The zero-order chi connectivity index (χ0) is 21.7. The van der Waals surface area contributed by atoms with Crippen LogP contribution in [-0.4, -0.2) is 61.9 Å². The lowest BCUT2D eigenvalue weighted by atomic mass is 10.1. The molecule has 3 rings (SSSR count). The zero-order valence-corrected chi connectivity index (χ0v) is 19.0. The normalized spacial score (nSPS) is 14.6. The molecule has 0 saturated carbocycles. The molecule has 1 aliphatic rings. The second-order valence-corrected chi connectivity index (χ2v) is 8.91. The Morgan fingerprint density at radius 1 is 0.967 bits per heavy atom. The van der Waals surface area contributed by atoms with Gasteiger partial charge in [0.2, 0.25) is 5.91 Å². The van der Waals surface area contributed by atoms with E-state index in [0.29, 0.717) is 13.1 Å². The van der Waals surface area contributed by atoms with Crippen LogP contribution < -0.4 is 9.47 Å². The van der Waals surface area contributed by atoms with Crippen molar-refractivity contribution in [3.8, 4) is 11.5 Å². The van der Waals surface area contributed by atoms with Crippen molar-refractivity contribution in [3.05, 3.63) is 45.1 Å². The maximum Gasteiger partial charge on any atom is 0.223 e. The van der Waals surface area contributed by atoms with E-state index in [1.54, 1.807) is 14.2 Å². The summed E-state index contributed by atoms with van der Waals surface area (Å²) in [5.41, 5.74) is 2.36. The highest BCUT2D eigenvalue weighted by molar-refractivity contribution is 7.14. The molecule has 1 aliphatic heterocycles. The van der Waals surface area contributed by atoms with Gasteiger partial charge in [-0.3, -0.25) is 14.5 Å². The summed E-state index contributed by atoms with van der Waals surface area (Å²) in [7, 11) is 3.29. The fourth-order valence-electron chi connectivity index (χ4n) is 3.68. The van der Waals surface area contributed by atoms with E-state index in [9.17, 15) is 9.59 Å². The number of methoxy groups -OCH3 is 2. The van der Waals surface area contributed by atoms with Crippen LogP contribution in [0.2, 0.25) is 0 Å². The molecule has 2 heterocycles. The molecule has 7 heteroatoms. The zero-order valence-electron chi connectivity index (χ0n) is 18.2. The van der Waals surface area contributed by atoms with Gasteiger partial charge in [0, 0.05) is 50.4 Å². The molecule has 1 amide bonds. The van der Waals surface area contributed by atoms with Gasteiger partial charge < -0.3 is 14.4 Å². The predicted molar refractivity (Wildman–Crippen MR) is 119 cm³/mol. The molecule has 6 nitrogen and oxygen atoms in total. The quantitative estimate of drug-likeness (QED) is 0.598. The number of piperazine rings is 1. The average Bonchev–Trinajstić information content (AvgIpc) is 3.19. The summed E-state index contributed by atoms with van der Waals surface area (Å²) in [5, 5.41) is 0. The smallest absolute Gasteiger partial charge is 0.223 e. The fourth-order valence-corrected chi connectivity index (χ4v) is 4.51. The van der Waals surface area contributed by atoms with Gasteiger partial charge in [0.05, 0.1) is 19.1 Å². The topological polar surface area (TPSA) is 59.1 Å². The lowest BCUT2D eigenvalue weighted by molar-refractivity contribution is -0.133. The minimum atomic E-state index is 0.0593. The molecule has 1 aromatic heterocycles. The van der Waals surface area contributed by atoms with Crippen LogP contribution in [0.15, 0.2) is 24.3 Å². The van der Waals surface area contributed by atoms with Gasteiger partial charge in [0.15, 0.2) is 17.3 Å². The van der Waals surface area contributed by atoms with Crippen LogP contribution in [0.3, 0.4) is 0 Å². The van der Waals surface area contributed by atoms with E-state index in [1.165, 1.54) is 16.9 Å². The minimum absolute atomic E-state index is 0.0593. The predicted octanol–water partition coefficient (Wildman–Crippen LogP) is 3.69. The van der Waals surface area contributed by atoms with E-state index in [-0.39, 0.29) is 24.5 Å². The van der Waals surface area contributed by atoms with Crippen LogP contribution in [0.1, 0.15) is 38.5 Å². The van der Waals surface area contributed by atoms with Crippen molar-refractivity contribution in [1.82, 2.24) is 9.80 Å². The monoisotopic (exact) mass is 430 g/mol. The molecule has 1 saturated heterocycles. The summed E-state index contributed by atoms with van der Waals surface area (Å²) < 4.78 is 10.8. The molecule has 0 spiro atoms. The molecule has 0 bridgehead atoms. The third-order valence-electron chi connectivity index (χ3n) is 5.54. The summed E-state index contributed by atoms with van der Waals surface area (Å²) in [6, 6.07) is 7.82. The van der Waals surface area contributed by atoms with Gasteiger partial charge in [-0.15, -0.1) is 11.3 Å². The molecule has 0 N–H and O–H groups in total. The molecular formula is C23H30N2O4S. The highest BCUT2D eigenvalue weighted by Gasteiger charge is 2.22. The van der Waals surface area contributed by atoms with Crippen molar-refractivity contribution in [3.63, 3.8) is 0 Å².